The zero-order valence-corrected chi connectivity index (χ0v) is 73.1. The number of alkyl halides is 1. The third kappa shape index (κ3) is 23.3. The third-order valence-corrected chi connectivity index (χ3v) is 24.4. The van der Waals surface area contributed by atoms with Crippen molar-refractivity contribution < 1.29 is 27.0 Å². The highest BCUT2D eigenvalue weighted by Crippen LogP contribution is 2.44. The molecule has 1 aliphatic rings. The van der Waals surface area contributed by atoms with Crippen molar-refractivity contribution in [2.75, 3.05) is 7.15 Å². The lowest BCUT2D eigenvalue weighted by atomic mass is 9.77. The summed E-state index contributed by atoms with van der Waals surface area (Å²) in [6, 6.07) is 129. The lowest BCUT2D eigenvalue weighted by Crippen LogP contribution is -2.30. The summed E-state index contributed by atoms with van der Waals surface area (Å²) in [6.07, 6.45) is 1.05. The molecule has 9 nitrogen and oxygen atoms in total. The van der Waals surface area contributed by atoms with Crippen molar-refractivity contribution in [3.05, 3.63) is 439 Å². The van der Waals surface area contributed by atoms with Crippen LogP contribution in [0.2, 0.25) is 6.80 Å². The second-order valence-corrected chi connectivity index (χ2v) is 33.7. The Morgan fingerprint density at radius 2 is 0.822 bits per heavy atom. The Morgan fingerprint density at radius 3 is 1.35 bits per heavy atom. The van der Waals surface area contributed by atoms with Gasteiger partial charge >= 0.3 is 7.12 Å². The van der Waals surface area contributed by atoms with Gasteiger partial charge in [-0.3, -0.25) is 24.6 Å². The number of rotatable bonds is 8. The summed E-state index contributed by atoms with van der Waals surface area (Å²) in [5.41, 5.74) is 11.6. The van der Waals surface area contributed by atoms with Gasteiger partial charge in [-0.1, -0.05) is 377 Å². The van der Waals surface area contributed by atoms with Crippen molar-refractivity contribution in [1.29, 1.82) is 0 Å². The van der Waals surface area contributed by atoms with Crippen LogP contribution in [0.15, 0.2) is 405 Å². The minimum Gasteiger partial charge on any atom is -0.423 e. The zero-order chi connectivity index (χ0) is 83.5. The molecule has 1 aromatic heterocycles. The van der Waals surface area contributed by atoms with Gasteiger partial charge in [0, 0.05) is 51.4 Å². The maximum absolute atomic E-state index is 11.3. The summed E-state index contributed by atoms with van der Waals surface area (Å²) in [5.74, 6) is 0. The minimum atomic E-state index is -1.40. The van der Waals surface area contributed by atoms with Gasteiger partial charge in [-0.05, 0) is 224 Å². The number of halogens is 7. The number of benzene rings is 17. The SMILES string of the molecule is Brc1ccc2c(c1)Cc1ccc3ccccc3c1-2.Brc1ccc2c3c4ccccc4ccc3n(-c3ccccc3)c2c1.C.C.Ic1ccccc1.O=[N+]([O-])c1cc(Br)ccc1-c1cccc2ccccc12.O=[N+]([O-])c1cc(Br)ccc1Br.OB(O)c1cccc2ccccc12.[2H]CF.[2H]C[B].c1ccc(P(c2ccccc2)c2ccccc2)cc1. The van der Waals surface area contributed by atoms with Gasteiger partial charge in [0.25, 0.3) is 11.4 Å². The van der Waals surface area contributed by atoms with Crippen LogP contribution in [0.1, 0.15) is 28.7 Å². The van der Waals surface area contributed by atoms with Gasteiger partial charge in [0.1, 0.15) is 0 Å². The molecule has 0 saturated carbocycles. The van der Waals surface area contributed by atoms with Gasteiger partial charge in [0.05, 0.1) is 47.3 Å². The number of nitro groups is 2. The van der Waals surface area contributed by atoms with E-state index in [0.29, 0.717) is 24.4 Å². The van der Waals surface area contributed by atoms with Crippen LogP contribution in [0.5, 0.6) is 0 Å². The van der Waals surface area contributed by atoms with Crippen LogP contribution >= 0.6 is 110 Å². The summed E-state index contributed by atoms with van der Waals surface area (Å²) in [7, 11) is 1.67. The van der Waals surface area contributed by atoms with Crippen LogP contribution in [-0.2, 0) is 6.42 Å². The molecule has 19 rings (SSSR count). The molecule has 1 aliphatic carbocycles. The fourth-order valence-electron chi connectivity index (χ4n) is 13.6. The topological polar surface area (TPSA) is 132 Å². The lowest BCUT2D eigenvalue weighted by molar-refractivity contribution is -0.385. The molecule has 118 heavy (non-hydrogen) atoms. The molecule has 0 atom stereocenters. The molecule has 17 aromatic carbocycles. The van der Waals surface area contributed by atoms with Crippen LogP contribution in [-0.4, -0.2) is 46.6 Å². The van der Waals surface area contributed by atoms with E-state index in [1.807, 2.05) is 103 Å². The number of hydrogen-bond acceptors (Lipinski definition) is 6. The highest BCUT2D eigenvalue weighted by atomic mass is 127. The third-order valence-electron chi connectivity index (χ3n) is 18.6. The van der Waals surface area contributed by atoms with Crippen molar-refractivity contribution in [3.63, 3.8) is 0 Å². The quantitative estimate of drug-likeness (QED) is 0.0512. The van der Waals surface area contributed by atoms with Gasteiger partial charge in [-0.25, -0.2) is 0 Å². The Balaban J connectivity index is 0.000000160. The molecule has 0 fully saturated rings. The molecule has 1 heterocycles. The van der Waals surface area contributed by atoms with Gasteiger partial charge in [0.2, 0.25) is 0 Å². The van der Waals surface area contributed by atoms with E-state index in [1.165, 1.54) is 107 Å². The first-order valence-corrected chi connectivity index (χ1v) is 42.6. The molecular weight excluding hydrogens is 1930 g/mol. The molecule has 0 aliphatic heterocycles. The van der Waals surface area contributed by atoms with E-state index >= 15 is 0 Å². The van der Waals surface area contributed by atoms with E-state index in [-0.39, 0.29) is 38.0 Å². The predicted molar refractivity (Wildman–Crippen MR) is 528 cm³/mol. The minimum absolute atomic E-state index is 0. The number of nitrogens with zero attached hydrogens (tertiary/aromatic N) is 3. The predicted octanol–water partition coefficient (Wildman–Crippen LogP) is 28.5. The number of aromatic nitrogens is 1. The van der Waals surface area contributed by atoms with E-state index in [4.69, 9.17) is 12.8 Å². The van der Waals surface area contributed by atoms with Crippen LogP contribution in [0, 0.1) is 23.8 Å². The highest BCUT2D eigenvalue weighted by Gasteiger charge is 2.23. The molecule has 0 saturated heterocycles. The van der Waals surface area contributed by atoms with Crippen molar-refractivity contribution >= 4 is 223 Å². The first-order chi connectivity index (χ1) is 57.4. The summed E-state index contributed by atoms with van der Waals surface area (Å²) < 4.78 is 29.3. The van der Waals surface area contributed by atoms with Crippen molar-refractivity contribution in [2.24, 2.45) is 0 Å². The Kier molecular flexibility index (Phi) is 34.4. The second-order valence-electron chi connectivity index (χ2n) is 25.7. The van der Waals surface area contributed by atoms with Gasteiger partial charge in [0.15, 0.2) is 0 Å². The number of fused-ring (bicyclic) bond motifs is 12. The van der Waals surface area contributed by atoms with Crippen molar-refractivity contribution in [1.82, 2.24) is 4.57 Å². The van der Waals surface area contributed by atoms with Gasteiger partial charge in [-0.15, -0.1) is 0 Å². The molecule has 0 amide bonds. The highest BCUT2D eigenvalue weighted by molar-refractivity contribution is 14.1. The van der Waals surface area contributed by atoms with E-state index in [0.717, 1.165) is 38.0 Å². The summed E-state index contributed by atoms with van der Waals surface area (Å²) in [4.78, 5) is 20.8. The fourth-order valence-corrected chi connectivity index (χ4v) is 18.2. The zero-order valence-electron chi connectivity index (χ0n) is 64.1. The Hall–Kier alpha value is -10.1. The lowest BCUT2D eigenvalue weighted by Gasteiger charge is -2.18. The average molecular weight is 2010 g/mol. The van der Waals surface area contributed by atoms with E-state index < -0.39 is 27.1 Å². The van der Waals surface area contributed by atoms with Crippen LogP contribution in [0.4, 0.5) is 15.8 Å². The van der Waals surface area contributed by atoms with Crippen molar-refractivity contribution in [3.8, 4) is 27.9 Å². The standard InChI is InChI=1S/C22H14BrN.C18H15P.C17H11Br.C16H10BrNO2.C10H9BO2.C6H3Br2NO2.C6H5I.CH3B.CH3F.2CH4/c23-16-11-12-19-21(14-16)24(17-7-2-1-3-8-17)20-13-10-15-6-4-5-9-18(15)22(19)20;1-4-10-16(11-5-1)19(17-12-6-2-7-13-17)18-14-8-3-9-15-18;18-14-7-8-16-13(10-14)9-12-6-5-11-3-1-2-4-15(11)17(12)16;17-12-8-9-15(16(10-12)18(19)20)14-7-3-5-11-4-1-2-6-13(11)14;12-11(13)10-7-3-5-8-4-1-2-6-9(8)10;7-4-1-2-5(8)6(3-4)9(10)11;7-6-4-2-1-3-5-6;2*1-2;;/h1-14H;1-15H;1-8,10H,9H2;1-10H;1-7,12-13H;1-3H;1-5H;2*1H3;2*1H4/i;;;;;;;2*1D;;. The van der Waals surface area contributed by atoms with E-state index in [2.05, 4.69) is 357 Å². The molecule has 19 heteroatoms. The molecule has 588 valence electrons. The van der Waals surface area contributed by atoms with Gasteiger partial charge in [-0.2, -0.15) is 0 Å². The Morgan fingerprint density at radius 1 is 0.415 bits per heavy atom. The summed E-state index contributed by atoms with van der Waals surface area (Å²) >= 11 is 19.0. The maximum atomic E-state index is 11.3. The first-order valence-electron chi connectivity index (χ1n) is 37.6. The molecule has 0 spiro atoms. The van der Waals surface area contributed by atoms with Crippen molar-refractivity contribution in [2.45, 2.75) is 28.1 Å². The largest absolute Gasteiger partial charge is 0.489 e. The Bertz CT molecular complexity index is 6300. The average Bonchev–Trinajstić information content (AvgIpc) is 1.55. The molecule has 2 N–H and O–H groups in total. The molecule has 0 unspecified atom stereocenters. The summed E-state index contributed by atoms with van der Waals surface area (Å²) in [6.45, 7) is 0. The van der Waals surface area contributed by atoms with Crippen LogP contribution in [0.25, 0.3) is 92.8 Å². The monoisotopic (exact) mass is 2000 g/mol. The fraction of sp³-hybridized carbons (Fsp3) is 0.0505. The number of hydrogen-bond donors (Lipinski definition) is 2. The number of para-hydroxylation sites is 1. The normalized spacial score (nSPS) is 10.6. The van der Waals surface area contributed by atoms with E-state index in [9.17, 15) is 24.6 Å². The first kappa shape index (κ1) is 88.7. The molecule has 2 radical (unpaired) electrons. The molecule has 0 bridgehead atoms. The smallest absolute Gasteiger partial charge is 0.423 e. The second kappa shape index (κ2) is 45.8. The van der Waals surface area contributed by atoms with Crippen LogP contribution < -0.4 is 21.4 Å². The molecule has 18 aromatic rings. The molecular formula is C99H81B2Br5FIN3O6P. The maximum Gasteiger partial charge on any atom is 0.489 e. The van der Waals surface area contributed by atoms with E-state index in [1.54, 1.807) is 24.3 Å². The Labute approximate surface area is 749 Å². The van der Waals surface area contributed by atoms with Gasteiger partial charge < -0.3 is 14.6 Å². The number of nitro benzene ring substituents is 2. The summed E-state index contributed by atoms with van der Waals surface area (Å²) in [5, 5.41) is 55.8. The van der Waals surface area contributed by atoms with Crippen LogP contribution in [0.3, 0.4) is 0 Å².